The average molecular weight is 295 g/mol. The van der Waals surface area contributed by atoms with Crippen molar-refractivity contribution >= 4 is 17.3 Å². The van der Waals surface area contributed by atoms with Gasteiger partial charge in [-0.3, -0.25) is 0 Å². The van der Waals surface area contributed by atoms with Gasteiger partial charge < -0.3 is 15.4 Å². The van der Waals surface area contributed by atoms with Crippen molar-refractivity contribution in [3.63, 3.8) is 0 Å². The highest BCUT2D eigenvalue weighted by Gasteiger charge is 2.35. The number of rotatable bonds is 4. The van der Waals surface area contributed by atoms with Crippen LogP contribution in [0.1, 0.15) is 32.1 Å². The van der Waals surface area contributed by atoms with E-state index in [4.69, 9.17) is 16.3 Å². The molecule has 20 heavy (non-hydrogen) atoms. The summed E-state index contributed by atoms with van der Waals surface area (Å²) in [6.07, 6.45) is 6.48. The van der Waals surface area contributed by atoms with E-state index in [-0.39, 0.29) is 0 Å². The van der Waals surface area contributed by atoms with Crippen molar-refractivity contribution in [2.75, 3.05) is 19.0 Å². The smallest absolute Gasteiger partial charge is 0.121 e. The Kier molecular flexibility index (Phi) is 4.37. The minimum Gasteiger partial charge on any atom is -0.497 e. The average Bonchev–Trinajstić information content (AvgIpc) is 3.11. The number of methoxy groups -OCH3 is 1. The van der Waals surface area contributed by atoms with Crippen LogP contribution in [0.5, 0.6) is 5.75 Å². The van der Waals surface area contributed by atoms with Crippen molar-refractivity contribution in [3.8, 4) is 5.75 Å². The van der Waals surface area contributed by atoms with Crippen molar-refractivity contribution in [1.29, 1.82) is 0 Å². The highest BCUT2D eigenvalue weighted by molar-refractivity contribution is 6.33. The maximum atomic E-state index is 6.31. The molecular weight excluding hydrogens is 272 g/mol. The standard InChI is InChI=1S/C16H23ClN2O/c1-20-11-7-8-13(17)16(10-11)19-15-5-2-4-12(15)14-6-3-9-18-14/h7-8,10,12,14-15,18-19H,2-6,9H2,1H3. The molecule has 3 rings (SSSR count). The van der Waals surface area contributed by atoms with Gasteiger partial charge in [0.05, 0.1) is 17.8 Å². The van der Waals surface area contributed by atoms with Gasteiger partial charge in [0.1, 0.15) is 5.75 Å². The summed E-state index contributed by atoms with van der Waals surface area (Å²) in [5.74, 6) is 1.57. The van der Waals surface area contributed by atoms with Crippen molar-refractivity contribution < 1.29 is 4.74 Å². The predicted molar refractivity (Wildman–Crippen MR) is 83.8 cm³/mol. The molecule has 1 aromatic carbocycles. The first-order valence-electron chi connectivity index (χ1n) is 7.61. The zero-order valence-electron chi connectivity index (χ0n) is 12.0. The monoisotopic (exact) mass is 294 g/mol. The molecule has 3 nitrogen and oxygen atoms in total. The first-order valence-corrected chi connectivity index (χ1v) is 7.99. The van der Waals surface area contributed by atoms with Gasteiger partial charge in [-0.1, -0.05) is 18.0 Å². The van der Waals surface area contributed by atoms with Crippen LogP contribution < -0.4 is 15.4 Å². The highest BCUT2D eigenvalue weighted by atomic mass is 35.5. The number of benzene rings is 1. The summed E-state index contributed by atoms with van der Waals surface area (Å²) in [6, 6.07) is 7.01. The second-order valence-corrected chi connectivity index (χ2v) is 6.30. The van der Waals surface area contributed by atoms with Crippen LogP contribution in [0, 0.1) is 5.92 Å². The normalized spacial score (nSPS) is 29.6. The Bertz CT molecular complexity index is 460. The van der Waals surface area contributed by atoms with E-state index in [1.165, 1.54) is 38.6 Å². The molecule has 4 heteroatoms. The molecule has 1 aromatic rings. The van der Waals surface area contributed by atoms with E-state index < -0.39 is 0 Å². The molecule has 1 saturated carbocycles. The molecule has 2 aliphatic rings. The molecular formula is C16H23ClN2O. The second-order valence-electron chi connectivity index (χ2n) is 5.89. The molecule has 110 valence electrons. The molecule has 1 aliphatic heterocycles. The summed E-state index contributed by atoms with van der Waals surface area (Å²) in [4.78, 5) is 0. The lowest BCUT2D eigenvalue weighted by molar-refractivity contribution is 0.376. The Balaban J connectivity index is 1.72. The Morgan fingerprint density at radius 1 is 1.25 bits per heavy atom. The third kappa shape index (κ3) is 2.89. The van der Waals surface area contributed by atoms with Gasteiger partial charge in [-0.25, -0.2) is 0 Å². The highest BCUT2D eigenvalue weighted by Crippen LogP contribution is 2.36. The number of nitrogens with one attached hydrogen (secondary N) is 2. The molecule has 0 bridgehead atoms. The Labute approximate surface area is 126 Å². The van der Waals surface area contributed by atoms with Crippen molar-refractivity contribution in [1.82, 2.24) is 5.32 Å². The van der Waals surface area contributed by atoms with Gasteiger partial charge in [-0.15, -0.1) is 0 Å². The zero-order chi connectivity index (χ0) is 13.9. The molecule has 0 amide bonds. The lowest BCUT2D eigenvalue weighted by Crippen LogP contribution is -2.38. The van der Waals surface area contributed by atoms with Crippen molar-refractivity contribution in [2.24, 2.45) is 5.92 Å². The molecule has 3 atom stereocenters. The summed E-state index contributed by atoms with van der Waals surface area (Å²) in [5, 5.41) is 8.09. The van der Waals surface area contributed by atoms with E-state index in [2.05, 4.69) is 10.6 Å². The maximum absolute atomic E-state index is 6.31. The molecule has 2 N–H and O–H groups in total. The summed E-state index contributed by atoms with van der Waals surface area (Å²) in [5.41, 5.74) is 1.00. The molecule has 1 heterocycles. The summed E-state index contributed by atoms with van der Waals surface area (Å²) in [7, 11) is 1.69. The van der Waals surface area contributed by atoms with Gasteiger partial charge >= 0.3 is 0 Å². The fourth-order valence-electron chi connectivity index (χ4n) is 3.67. The van der Waals surface area contributed by atoms with Gasteiger partial charge in [0.15, 0.2) is 0 Å². The van der Waals surface area contributed by atoms with E-state index in [0.717, 1.165) is 22.4 Å². The van der Waals surface area contributed by atoms with Crippen LogP contribution in [0.4, 0.5) is 5.69 Å². The molecule has 1 aliphatic carbocycles. The predicted octanol–water partition coefficient (Wildman–Crippen LogP) is 3.68. The fourth-order valence-corrected chi connectivity index (χ4v) is 3.84. The molecule has 0 radical (unpaired) electrons. The van der Waals surface area contributed by atoms with Gasteiger partial charge in [-0.2, -0.15) is 0 Å². The van der Waals surface area contributed by atoms with Crippen LogP contribution in [-0.4, -0.2) is 25.7 Å². The van der Waals surface area contributed by atoms with Gasteiger partial charge in [0.2, 0.25) is 0 Å². The third-order valence-electron chi connectivity index (χ3n) is 4.70. The molecule has 2 fully saturated rings. The summed E-state index contributed by atoms with van der Waals surface area (Å²) < 4.78 is 5.29. The number of anilines is 1. The van der Waals surface area contributed by atoms with E-state index in [1.807, 2.05) is 18.2 Å². The minimum atomic E-state index is 0.523. The summed E-state index contributed by atoms with van der Waals surface area (Å²) >= 11 is 6.31. The number of halogens is 1. The van der Waals surface area contributed by atoms with Crippen molar-refractivity contribution in [2.45, 2.75) is 44.2 Å². The van der Waals surface area contributed by atoms with E-state index in [1.54, 1.807) is 7.11 Å². The lowest BCUT2D eigenvalue weighted by Gasteiger charge is -2.27. The fraction of sp³-hybridized carbons (Fsp3) is 0.625. The van der Waals surface area contributed by atoms with Gasteiger partial charge in [0, 0.05) is 18.2 Å². The Morgan fingerprint density at radius 3 is 2.90 bits per heavy atom. The van der Waals surface area contributed by atoms with Crippen LogP contribution in [0.2, 0.25) is 5.02 Å². The Hall–Kier alpha value is -0.930. The largest absolute Gasteiger partial charge is 0.497 e. The summed E-state index contributed by atoms with van der Waals surface area (Å²) in [6.45, 7) is 1.17. The topological polar surface area (TPSA) is 33.3 Å². The molecule has 0 spiro atoms. The van der Waals surface area contributed by atoms with Crippen LogP contribution in [0.3, 0.4) is 0 Å². The lowest BCUT2D eigenvalue weighted by atomic mass is 9.93. The number of hydrogen-bond donors (Lipinski definition) is 2. The van der Waals surface area contributed by atoms with Crippen molar-refractivity contribution in [3.05, 3.63) is 23.2 Å². The van der Waals surface area contributed by atoms with E-state index in [0.29, 0.717) is 12.1 Å². The zero-order valence-corrected chi connectivity index (χ0v) is 12.7. The van der Waals surface area contributed by atoms with E-state index >= 15 is 0 Å². The SMILES string of the molecule is COc1ccc(Cl)c(NC2CCCC2C2CCCN2)c1. The Morgan fingerprint density at radius 2 is 2.15 bits per heavy atom. The molecule has 1 saturated heterocycles. The van der Waals surface area contributed by atoms with Gasteiger partial charge in [0.25, 0.3) is 0 Å². The molecule has 3 unspecified atom stereocenters. The van der Waals surface area contributed by atoms with Crippen LogP contribution in [0.25, 0.3) is 0 Å². The number of ether oxygens (including phenoxy) is 1. The first kappa shape index (κ1) is 14.0. The van der Waals surface area contributed by atoms with E-state index in [9.17, 15) is 0 Å². The second kappa shape index (κ2) is 6.23. The minimum absolute atomic E-state index is 0.523. The quantitative estimate of drug-likeness (QED) is 0.889. The van der Waals surface area contributed by atoms with Gasteiger partial charge in [-0.05, 0) is 50.3 Å². The molecule has 0 aromatic heterocycles. The third-order valence-corrected chi connectivity index (χ3v) is 5.03. The van der Waals surface area contributed by atoms with Crippen LogP contribution in [0.15, 0.2) is 18.2 Å². The maximum Gasteiger partial charge on any atom is 0.121 e. The number of hydrogen-bond acceptors (Lipinski definition) is 3. The van der Waals surface area contributed by atoms with Crippen LogP contribution >= 0.6 is 11.6 Å². The van der Waals surface area contributed by atoms with Crippen LogP contribution in [-0.2, 0) is 0 Å². The first-order chi connectivity index (χ1) is 9.78.